The van der Waals surface area contributed by atoms with E-state index >= 15 is 0 Å². The van der Waals surface area contributed by atoms with Crippen molar-refractivity contribution in [3.63, 3.8) is 0 Å². The van der Waals surface area contributed by atoms with Gasteiger partial charge in [0.05, 0.1) is 0 Å². The summed E-state index contributed by atoms with van der Waals surface area (Å²) in [6.07, 6.45) is 6.55. The third kappa shape index (κ3) is 6.78. The number of nitrogens with one attached hydrogen (secondary N) is 2. The second-order valence-electron chi connectivity index (χ2n) is 6.73. The maximum absolute atomic E-state index is 12.9. The molecule has 0 fully saturated rings. The van der Waals surface area contributed by atoms with Crippen LogP contribution in [0.5, 0.6) is 0 Å². The molecule has 2 N–H and O–H groups in total. The Morgan fingerprint density at radius 2 is 1.75 bits per heavy atom. The topological polar surface area (TPSA) is 74.3 Å². The molecule has 0 aliphatic heterocycles. The normalized spacial score (nSPS) is 11.8. The highest BCUT2D eigenvalue weighted by atomic mass is 16.2. The van der Waals surface area contributed by atoms with Crippen LogP contribution in [0.3, 0.4) is 0 Å². The fourth-order valence-corrected chi connectivity index (χ4v) is 2.92. The third-order valence-corrected chi connectivity index (χ3v) is 4.49. The van der Waals surface area contributed by atoms with Crippen molar-refractivity contribution < 1.29 is 9.59 Å². The van der Waals surface area contributed by atoms with Crippen LogP contribution in [0.4, 0.5) is 0 Å². The molecule has 6 heteroatoms. The summed E-state index contributed by atoms with van der Waals surface area (Å²) in [6, 6.07) is 12.7. The zero-order valence-corrected chi connectivity index (χ0v) is 16.7. The Morgan fingerprint density at radius 3 is 2.39 bits per heavy atom. The number of nitrogens with zero attached hydrogens (tertiary/aromatic N) is 2. The molecule has 28 heavy (non-hydrogen) atoms. The predicted octanol–water partition coefficient (Wildman–Crippen LogP) is 3.31. The minimum Gasteiger partial charge on any atom is -0.351 e. The maximum Gasteiger partial charge on any atom is 0.265 e. The Kier molecular flexibility index (Phi) is 9.15. The van der Waals surface area contributed by atoms with Gasteiger partial charge in [0.1, 0.15) is 6.04 Å². The summed E-state index contributed by atoms with van der Waals surface area (Å²) in [4.78, 5) is 29.5. The molecule has 2 amide bonds. The van der Waals surface area contributed by atoms with E-state index in [1.807, 2.05) is 37.3 Å². The smallest absolute Gasteiger partial charge is 0.265 e. The van der Waals surface area contributed by atoms with Gasteiger partial charge in [-0.05, 0) is 30.5 Å². The van der Waals surface area contributed by atoms with Crippen LogP contribution >= 0.6 is 0 Å². The van der Waals surface area contributed by atoms with Crippen molar-refractivity contribution >= 4 is 11.8 Å². The number of pyridine rings is 1. The molecule has 0 spiro atoms. The van der Waals surface area contributed by atoms with Gasteiger partial charge in [0.25, 0.3) is 5.91 Å². The van der Waals surface area contributed by atoms with E-state index in [4.69, 9.17) is 0 Å². The third-order valence-electron chi connectivity index (χ3n) is 4.49. The molecule has 0 saturated carbocycles. The molecule has 1 heterocycles. The van der Waals surface area contributed by atoms with Crippen molar-refractivity contribution in [1.82, 2.24) is 20.7 Å². The van der Waals surface area contributed by atoms with Gasteiger partial charge in [-0.3, -0.25) is 20.0 Å². The first kappa shape index (κ1) is 21.6. The number of carbonyl (C=O) groups excluding carboxylic acids is 2. The van der Waals surface area contributed by atoms with Crippen molar-refractivity contribution in [3.05, 3.63) is 66.0 Å². The summed E-state index contributed by atoms with van der Waals surface area (Å²) in [5.41, 5.74) is 4.51. The van der Waals surface area contributed by atoms with E-state index in [0.717, 1.165) is 24.8 Å². The molecule has 0 aliphatic carbocycles. The monoisotopic (exact) mass is 382 g/mol. The quantitative estimate of drug-likeness (QED) is 0.585. The highest BCUT2D eigenvalue weighted by Gasteiger charge is 2.26. The van der Waals surface area contributed by atoms with Gasteiger partial charge < -0.3 is 5.32 Å². The number of hydrogen-bond donors (Lipinski definition) is 2. The van der Waals surface area contributed by atoms with Gasteiger partial charge in [0.2, 0.25) is 5.91 Å². The van der Waals surface area contributed by atoms with Gasteiger partial charge in [-0.1, -0.05) is 57.0 Å². The van der Waals surface area contributed by atoms with Gasteiger partial charge in [-0.2, -0.15) is 0 Å². The van der Waals surface area contributed by atoms with E-state index in [-0.39, 0.29) is 11.8 Å². The first-order valence-electron chi connectivity index (χ1n) is 9.95. The predicted molar refractivity (Wildman–Crippen MR) is 110 cm³/mol. The van der Waals surface area contributed by atoms with Crippen LogP contribution in [0.25, 0.3) is 0 Å². The zero-order valence-electron chi connectivity index (χ0n) is 16.7. The van der Waals surface area contributed by atoms with Crippen molar-refractivity contribution in [2.75, 3.05) is 6.54 Å². The summed E-state index contributed by atoms with van der Waals surface area (Å²) in [7, 11) is 0. The summed E-state index contributed by atoms with van der Waals surface area (Å²) >= 11 is 0. The summed E-state index contributed by atoms with van der Waals surface area (Å²) in [5, 5.41) is 4.80. The van der Waals surface area contributed by atoms with Gasteiger partial charge >= 0.3 is 0 Å². The second-order valence-corrected chi connectivity index (χ2v) is 6.73. The summed E-state index contributed by atoms with van der Waals surface area (Å²) in [6.45, 7) is 5.23. The minimum absolute atomic E-state index is 0.0724. The fourth-order valence-electron chi connectivity index (χ4n) is 2.92. The van der Waals surface area contributed by atoms with E-state index in [2.05, 4.69) is 22.7 Å². The lowest BCUT2D eigenvalue weighted by molar-refractivity contribution is -0.127. The fraction of sp³-hybridized carbons (Fsp3) is 0.409. The van der Waals surface area contributed by atoms with E-state index in [0.29, 0.717) is 25.1 Å². The van der Waals surface area contributed by atoms with Crippen LogP contribution in [-0.4, -0.2) is 34.4 Å². The molecule has 150 valence electrons. The van der Waals surface area contributed by atoms with Crippen LogP contribution in [0.15, 0.2) is 54.9 Å². The summed E-state index contributed by atoms with van der Waals surface area (Å²) in [5.74, 6) is -0.299. The Labute approximate surface area is 167 Å². The lowest BCUT2D eigenvalue weighted by Crippen LogP contribution is -2.55. The van der Waals surface area contributed by atoms with E-state index < -0.39 is 6.04 Å². The molecule has 6 nitrogen and oxygen atoms in total. The number of aromatic nitrogens is 1. The van der Waals surface area contributed by atoms with Gasteiger partial charge in [-0.15, -0.1) is 0 Å². The van der Waals surface area contributed by atoms with Crippen molar-refractivity contribution in [1.29, 1.82) is 0 Å². The van der Waals surface area contributed by atoms with Gasteiger partial charge in [-0.25, -0.2) is 5.01 Å². The SMILES string of the molecule is CCCCN(NC(=O)c1ccncc1)[C@H](CCC)C(=O)NCc1ccccc1. The van der Waals surface area contributed by atoms with Crippen LogP contribution in [-0.2, 0) is 11.3 Å². The molecule has 2 rings (SSSR count). The molecular weight excluding hydrogens is 352 g/mol. The average Bonchev–Trinajstić information content (AvgIpc) is 2.74. The number of unbranched alkanes of at least 4 members (excludes halogenated alkanes) is 1. The molecule has 2 aromatic rings. The average molecular weight is 383 g/mol. The first-order valence-corrected chi connectivity index (χ1v) is 9.95. The molecular formula is C22H30N4O2. The molecule has 0 saturated heterocycles. The number of hydrazine groups is 1. The van der Waals surface area contributed by atoms with Crippen LogP contribution in [0.1, 0.15) is 55.5 Å². The number of hydrogen-bond acceptors (Lipinski definition) is 4. The molecule has 0 radical (unpaired) electrons. The second kappa shape index (κ2) is 11.9. The van der Waals surface area contributed by atoms with Gasteiger partial charge in [0.15, 0.2) is 0 Å². The molecule has 0 bridgehead atoms. The maximum atomic E-state index is 12.9. The highest BCUT2D eigenvalue weighted by molar-refractivity contribution is 5.94. The Balaban J connectivity index is 2.08. The van der Waals surface area contributed by atoms with E-state index in [9.17, 15) is 9.59 Å². The van der Waals surface area contributed by atoms with Crippen molar-refractivity contribution in [3.8, 4) is 0 Å². The Hall–Kier alpha value is -2.73. The van der Waals surface area contributed by atoms with E-state index in [1.54, 1.807) is 29.5 Å². The lowest BCUT2D eigenvalue weighted by atomic mass is 10.1. The van der Waals surface area contributed by atoms with Crippen molar-refractivity contribution in [2.24, 2.45) is 0 Å². The lowest BCUT2D eigenvalue weighted by Gasteiger charge is -2.31. The largest absolute Gasteiger partial charge is 0.351 e. The van der Waals surface area contributed by atoms with E-state index in [1.165, 1.54) is 0 Å². The Morgan fingerprint density at radius 1 is 1.04 bits per heavy atom. The first-order chi connectivity index (χ1) is 13.7. The standard InChI is InChI=1S/C22H30N4O2/c1-3-5-16-26(25-21(27)19-12-14-23-15-13-19)20(9-4-2)22(28)24-17-18-10-7-6-8-11-18/h6-8,10-15,20H,3-5,9,16-17H2,1-2H3,(H,24,28)(H,25,27)/t20-/m1/s1. The van der Waals surface area contributed by atoms with Crippen LogP contribution < -0.4 is 10.7 Å². The number of amides is 2. The number of carbonyl (C=O) groups is 2. The molecule has 0 unspecified atom stereocenters. The number of rotatable bonds is 11. The minimum atomic E-state index is -0.411. The molecule has 1 atom stereocenters. The molecule has 0 aliphatic rings. The van der Waals surface area contributed by atoms with Crippen LogP contribution in [0, 0.1) is 0 Å². The number of benzene rings is 1. The van der Waals surface area contributed by atoms with Gasteiger partial charge in [0, 0.05) is 31.0 Å². The molecule has 1 aromatic carbocycles. The Bertz CT molecular complexity index is 722. The highest BCUT2D eigenvalue weighted by Crippen LogP contribution is 2.09. The van der Waals surface area contributed by atoms with Crippen molar-refractivity contribution in [2.45, 2.75) is 52.1 Å². The van der Waals surface area contributed by atoms with Crippen LogP contribution in [0.2, 0.25) is 0 Å². The zero-order chi connectivity index (χ0) is 20.2. The molecule has 1 aromatic heterocycles. The summed E-state index contributed by atoms with van der Waals surface area (Å²) < 4.78 is 0.